The normalized spacial score (nSPS) is 16.6. The Morgan fingerprint density at radius 3 is 2.47 bits per heavy atom. The first-order valence-electron chi connectivity index (χ1n) is 5.74. The molecule has 1 aliphatic rings. The molecule has 0 bridgehead atoms. The van der Waals surface area contributed by atoms with E-state index >= 15 is 0 Å². The first-order chi connectivity index (χ1) is 8.18. The quantitative estimate of drug-likeness (QED) is 0.463. The van der Waals surface area contributed by atoms with Crippen molar-refractivity contribution in [3.05, 3.63) is 27.4 Å². The summed E-state index contributed by atoms with van der Waals surface area (Å²) in [6, 6.07) is 2.89. The molecule has 0 atom stereocenters. The van der Waals surface area contributed by atoms with E-state index in [-0.39, 0.29) is 5.69 Å². The van der Waals surface area contributed by atoms with Gasteiger partial charge < -0.3 is 4.90 Å². The van der Waals surface area contributed by atoms with E-state index in [9.17, 15) is 10.1 Å². The van der Waals surface area contributed by atoms with Crippen molar-refractivity contribution in [3.63, 3.8) is 0 Å². The van der Waals surface area contributed by atoms with E-state index in [4.69, 9.17) is 11.6 Å². The van der Waals surface area contributed by atoms with Gasteiger partial charge in [0.05, 0.1) is 4.92 Å². The van der Waals surface area contributed by atoms with Crippen molar-refractivity contribution in [1.82, 2.24) is 4.98 Å². The molecular formula is C11H14ClN3O2. The predicted octanol–water partition coefficient (Wildman–Crippen LogP) is 3.02. The van der Waals surface area contributed by atoms with Crippen molar-refractivity contribution in [2.24, 2.45) is 0 Å². The number of nitrogens with zero attached hydrogens (tertiary/aromatic N) is 3. The lowest BCUT2D eigenvalue weighted by Gasteiger charge is -2.20. The first kappa shape index (κ1) is 12.1. The maximum atomic E-state index is 11.0. The molecule has 2 rings (SSSR count). The second-order valence-electron chi connectivity index (χ2n) is 4.14. The van der Waals surface area contributed by atoms with Gasteiger partial charge in [0.15, 0.2) is 0 Å². The molecule has 0 unspecified atom stereocenters. The lowest BCUT2D eigenvalue weighted by Crippen LogP contribution is -2.25. The van der Waals surface area contributed by atoms with Gasteiger partial charge in [-0.1, -0.05) is 24.4 Å². The topological polar surface area (TPSA) is 59.3 Å². The molecule has 17 heavy (non-hydrogen) atoms. The average Bonchev–Trinajstić information content (AvgIpc) is 2.56. The molecular weight excluding hydrogens is 242 g/mol. The third-order valence-electron chi connectivity index (χ3n) is 2.92. The zero-order valence-corrected chi connectivity index (χ0v) is 10.2. The third-order valence-corrected chi connectivity index (χ3v) is 3.13. The van der Waals surface area contributed by atoms with Crippen LogP contribution in [0.25, 0.3) is 0 Å². The van der Waals surface area contributed by atoms with Crippen LogP contribution >= 0.6 is 11.6 Å². The molecule has 0 spiro atoms. The standard InChI is InChI=1S/C11H14ClN3O2/c12-10-6-5-9(15(16)17)11(13-10)14-7-3-1-2-4-8-14/h5-6H,1-4,7-8H2. The van der Waals surface area contributed by atoms with Gasteiger partial charge in [-0.25, -0.2) is 4.98 Å². The molecule has 5 nitrogen and oxygen atoms in total. The molecule has 0 aromatic carbocycles. The number of rotatable bonds is 2. The maximum Gasteiger partial charge on any atom is 0.311 e. The molecule has 2 heterocycles. The highest BCUT2D eigenvalue weighted by atomic mass is 35.5. The number of anilines is 1. The number of halogens is 1. The van der Waals surface area contributed by atoms with Gasteiger partial charge in [-0.05, 0) is 18.9 Å². The highest BCUT2D eigenvalue weighted by Gasteiger charge is 2.22. The lowest BCUT2D eigenvalue weighted by atomic mass is 10.2. The minimum Gasteiger partial charge on any atom is -0.351 e. The van der Waals surface area contributed by atoms with Gasteiger partial charge in [0.25, 0.3) is 0 Å². The van der Waals surface area contributed by atoms with Crippen LogP contribution in [-0.4, -0.2) is 23.0 Å². The Labute approximate surface area is 105 Å². The van der Waals surface area contributed by atoms with E-state index in [1.165, 1.54) is 25.0 Å². The molecule has 1 saturated heterocycles. The molecule has 1 aliphatic heterocycles. The Morgan fingerprint density at radius 1 is 1.24 bits per heavy atom. The fraction of sp³-hybridized carbons (Fsp3) is 0.545. The van der Waals surface area contributed by atoms with Gasteiger partial charge in [-0.3, -0.25) is 10.1 Å². The summed E-state index contributed by atoms with van der Waals surface area (Å²) in [4.78, 5) is 16.6. The van der Waals surface area contributed by atoms with Gasteiger partial charge in [0, 0.05) is 19.2 Å². The third kappa shape index (κ3) is 2.85. The van der Waals surface area contributed by atoms with Crippen molar-refractivity contribution in [2.45, 2.75) is 25.7 Å². The number of pyridine rings is 1. The fourth-order valence-corrected chi connectivity index (χ4v) is 2.22. The van der Waals surface area contributed by atoms with Gasteiger partial charge in [-0.2, -0.15) is 0 Å². The van der Waals surface area contributed by atoms with E-state index < -0.39 is 4.92 Å². The summed E-state index contributed by atoms with van der Waals surface area (Å²) >= 11 is 5.82. The van der Waals surface area contributed by atoms with Crippen LogP contribution in [0.15, 0.2) is 12.1 Å². The molecule has 6 heteroatoms. The van der Waals surface area contributed by atoms with Crippen LogP contribution in [0.1, 0.15) is 25.7 Å². The van der Waals surface area contributed by atoms with Crippen LogP contribution in [0, 0.1) is 10.1 Å². The second kappa shape index (κ2) is 5.31. The Hall–Kier alpha value is -1.36. The molecule has 0 radical (unpaired) electrons. The first-order valence-corrected chi connectivity index (χ1v) is 6.12. The zero-order chi connectivity index (χ0) is 12.3. The lowest BCUT2D eigenvalue weighted by molar-refractivity contribution is -0.384. The maximum absolute atomic E-state index is 11.0. The number of hydrogen-bond acceptors (Lipinski definition) is 4. The monoisotopic (exact) mass is 255 g/mol. The molecule has 92 valence electrons. The average molecular weight is 256 g/mol. The van der Waals surface area contributed by atoms with E-state index in [2.05, 4.69) is 4.98 Å². The summed E-state index contributed by atoms with van der Waals surface area (Å²) in [5, 5.41) is 11.3. The van der Waals surface area contributed by atoms with Crippen LogP contribution in [0.2, 0.25) is 5.15 Å². The van der Waals surface area contributed by atoms with E-state index in [1.807, 2.05) is 4.90 Å². The van der Waals surface area contributed by atoms with Crippen LogP contribution in [0.3, 0.4) is 0 Å². The largest absolute Gasteiger partial charge is 0.351 e. The van der Waals surface area contributed by atoms with Gasteiger partial charge in [0.2, 0.25) is 5.82 Å². The van der Waals surface area contributed by atoms with Gasteiger partial charge >= 0.3 is 5.69 Å². The minimum absolute atomic E-state index is 0.0382. The highest BCUT2D eigenvalue weighted by molar-refractivity contribution is 6.29. The summed E-state index contributed by atoms with van der Waals surface area (Å²) in [5.41, 5.74) is 0.0382. The summed E-state index contributed by atoms with van der Waals surface area (Å²) in [7, 11) is 0. The highest BCUT2D eigenvalue weighted by Crippen LogP contribution is 2.29. The van der Waals surface area contributed by atoms with Crippen molar-refractivity contribution in [1.29, 1.82) is 0 Å². The van der Waals surface area contributed by atoms with Gasteiger partial charge in [0.1, 0.15) is 5.15 Å². The molecule has 1 fully saturated rings. The molecule has 1 aromatic rings. The molecule has 0 N–H and O–H groups in total. The predicted molar refractivity (Wildman–Crippen MR) is 66.6 cm³/mol. The van der Waals surface area contributed by atoms with Gasteiger partial charge in [-0.15, -0.1) is 0 Å². The Morgan fingerprint density at radius 2 is 1.88 bits per heavy atom. The fourth-order valence-electron chi connectivity index (χ4n) is 2.08. The number of hydrogen-bond donors (Lipinski definition) is 0. The molecule has 0 saturated carbocycles. The Bertz CT molecular complexity index is 417. The Kier molecular flexibility index (Phi) is 3.78. The van der Waals surface area contributed by atoms with E-state index in [0.717, 1.165) is 25.9 Å². The summed E-state index contributed by atoms with van der Waals surface area (Å²) in [6.45, 7) is 1.63. The Balaban J connectivity index is 2.34. The SMILES string of the molecule is O=[N+]([O-])c1ccc(Cl)nc1N1CCCCCC1. The van der Waals surface area contributed by atoms with Crippen LogP contribution in [0.5, 0.6) is 0 Å². The smallest absolute Gasteiger partial charge is 0.311 e. The van der Waals surface area contributed by atoms with Crippen molar-refractivity contribution in [3.8, 4) is 0 Å². The van der Waals surface area contributed by atoms with Crippen molar-refractivity contribution in [2.75, 3.05) is 18.0 Å². The van der Waals surface area contributed by atoms with E-state index in [0.29, 0.717) is 11.0 Å². The second-order valence-corrected chi connectivity index (χ2v) is 4.52. The summed E-state index contributed by atoms with van der Waals surface area (Å²) < 4.78 is 0. The van der Waals surface area contributed by atoms with Crippen LogP contribution in [-0.2, 0) is 0 Å². The molecule has 0 aliphatic carbocycles. The minimum atomic E-state index is -0.399. The van der Waals surface area contributed by atoms with E-state index in [1.54, 1.807) is 0 Å². The number of nitro groups is 1. The molecule has 0 amide bonds. The van der Waals surface area contributed by atoms with Crippen LogP contribution in [0.4, 0.5) is 11.5 Å². The zero-order valence-electron chi connectivity index (χ0n) is 9.43. The number of aromatic nitrogens is 1. The van der Waals surface area contributed by atoms with Crippen molar-refractivity contribution >= 4 is 23.1 Å². The van der Waals surface area contributed by atoms with Crippen LogP contribution < -0.4 is 4.90 Å². The summed E-state index contributed by atoms with van der Waals surface area (Å²) in [6.07, 6.45) is 4.44. The summed E-state index contributed by atoms with van der Waals surface area (Å²) in [5.74, 6) is 0.407. The van der Waals surface area contributed by atoms with Crippen molar-refractivity contribution < 1.29 is 4.92 Å². The molecule has 1 aromatic heterocycles.